The smallest absolute Gasteiger partial charge is 0.155 e. The van der Waals surface area contributed by atoms with E-state index in [4.69, 9.17) is 23.0 Å². The Hall–Kier alpha value is -16.5. The van der Waals surface area contributed by atoms with Crippen molar-refractivity contribution >= 4 is 131 Å². The molecular formula is C119H72FN3O5S. The number of halogens is 1. The molecule has 129 heavy (non-hydrogen) atoms. The maximum absolute atomic E-state index is 14.0. The van der Waals surface area contributed by atoms with Crippen LogP contribution in [0.4, 0.5) is 38.5 Å². The molecule has 606 valence electrons. The first-order valence-corrected chi connectivity index (χ1v) is 44.6. The van der Waals surface area contributed by atoms with Crippen LogP contribution in [0.25, 0.3) is 119 Å². The van der Waals surface area contributed by atoms with Gasteiger partial charge in [0.1, 0.15) is 51.1 Å². The van der Waals surface area contributed by atoms with Crippen LogP contribution in [0, 0.1) is 5.82 Å². The summed E-state index contributed by atoms with van der Waals surface area (Å²) in [5.74, 6) is 4.80. The molecule has 0 atom stereocenters. The van der Waals surface area contributed by atoms with Crippen LogP contribution >= 0.6 is 11.3 Å². The molecule has 3 aromatic heterocycles. The largest absolute Gasteiger partial charge is 0.457 e. The number of fused-ring (bicyclic) bond motifs is 39. The molecule has 0 bridgehead atoms. The minimum Gasteiger partial charge on any atom is -0.457 e. The van der Waals surface area contributed by atoms with Crippen molar-refractivity contribution in [1.29, 1.82) is 0 Å². The van der Waals surface area contributed by atoms with Crippen molar-refractivity contribution in [3.05, 3.63) is 491 Å². The predicted molar refractivity (Wildman–Crippen MR) is 523 cm³/mol. The number of hydrogen-bond acceptors (Lipinski definition) is 9. The van der Waals surface area contributed by atoms with Crippen LogP contribution in [0.2, 0.25) is 0 Å². The lowest BCUT2D eigenvalue weighted by molar-refractivity contribution is 0.437. The van der Waals surface area contributed by atoms with Gasteiger partial charge < -0.3 is 39.0 Å². The van der Waals surface area contributed by atoms with Crippen molar-refractivity contribution in [2.24, 2.45) is 0 Å². The SMILES string of the molecule is Fc1ccc2c(c1)oc1cccc(Nc3cccc4c3Oc3ccccc3C43c4ccccc4-c4ccccc43)c12.c1ccc2c(c1)Oc1c(Nc3cc4ccccc4c4oc5ccccc5c34)cccc1C21c2ccccc2-c2ccccc21.c1ccc2c(c1)Oc1cccc(Nc3c4ccccc4cc4sc5ccccc5c34)c1C21c2ccccc2-c2ccccc21. The van der Waals surface area contributed by atoms with E-state index in [0.29, 0.717) is 11.2 Å². The van der Waals surface area contributed by atoms with Gasteiger partial charge in [0.2, 0.25) is 0 Å². The molecule has 0 saturated carbocycles. The zero-order valence-electron chi connectivity index (χ0n) is 69.2. The first-order valence-electron chi connectivity index (χ1n) is 43.8. The van der Waals surface area contributed by atoms with Crippen molar-refractivity contribution in [2.45, 2.75) is 16.2 Å². The highest BCUT2D eigenvalue weighted by Crippen LogP contribution is 2.68. The molecule has 0 amide bonds. The molecule has 20 aromatic carbocycles. The summed E-state index contributed by atoms with van der Waals surface area (Å²) in [5, 5.41) is 22.7. The van der Waals surface area contributed by atoms with Gasteiger partial charge in [0.25, 0.3) is 0 Å². The maximum Gasteiger partial charge on any atom is 0.155 e. The number of benzene rings is 20. The van der Waals surface area contributed by atoms with Crippen molar-refractivity contribution in [1.82, 2.24) is 0 Å². The Morgan fingerprint density at radius 1 is 0.233 bits per heavy atom. The van der Waals surface area contributed by atoms with E-state index in [9.17, 15) is 4.39 Å². The van der Waals surface area contributed by atoms with Crippen molar-refractivity contribution in [2.75, 3.05) is 16.0 Å². The van der Waals surface area contributed by atoms with E-state index in [-0.39, 0.29) is 5.82 Å². The Labute approximate surface area is 744 Å². The molecule has 3 aliphatic carbocycles. The van der Waals surface area contributed by atoms with Gasteiger partial charge >= 0.3 is 0 Å². The number of anilines is 6. The fourth-order valence-electron chi connectivity index (χ4n) is 22.6. The molecule has 0 radical (unpaired) electrons. The van der Waals surface area contributed by atoms with Gasteiger partial charge in [0, 0.05) is 86.9 Å². The zero-order chi connectivity index (χ0) is 84.8. The molecule has 0 unspecified atom stereocenters. The first kappa shape index (κ1) is 72.9. The van der Waals surface area contributed by atoms with Crippen molar-refractivity contribution in [3.8, 4) is 67.9 Å². The third kappa shape index (κ3) is 10.3. The van der Waals surface area contributed by atoms with Gasteiger partial charge in [0.05, 0.1) is 55.5 Å². The van der Waals surface area contributed by atoms with Gasteiger partial charge in [-0.1, -0.05) is 322 Å². The van der Waals surface area contributed by atoms with E-state index in [1.807, 2.05) is 53.8 Å². The normalized spacial score (nSPS) is 13.8. The van der Waals surface area contributed by atoms with Gasteiger partial charge in [0.15, 0.2) is 11.5 Å². The highest BCUT2D eigenvalue weighted by atomic mass is 32.1. The van der Waals surface area contributed by atoms with Crippen molar-refractivity contribution < 1.29 is 27.4 Å². The summed E-state index contributed by atoms with van der Waals surface area (Å²) in [4.78, 5) is 0. The molecule has 6 heterocycles. The van der Waals surface area contributed by atoms with Crippen LogP contribution in [-0.2, 0) is 16.2 Å². The Morgan fingerprint density at radius 2 is 0.636 bits per heavy atom. The van der Waals surface area contributed by atoms with Crippen LogP contribution in [0.1, 0.15) is 66.8 Å². The molecule has 3 spiro atoms. The molecular weight excluding hydrogens is 1600 g/mol. The van der Waals surface area contributed by atoms with Gasteiger partial charge in [-0.05, 0) is 169 Å². The summed E-state index contributed by atoms with van der Waals surface area (Å²) >= 11 is 1.86. The van der Waals surface area contributed by atoms with Crippen LogP contribution in [-0.4, -0.2) is 0 Å². The lowest BCUT2D eigenvalue weighted by atomic mass is 9.65. The Balaban J connectivity index is 0.0000000999. The highest BCUT2D eigenvalue weighted by Gasteiger charge is 2.55. The highest BCUT2D eigenvalue weighted by molar-refractivity contribution is 7.26. The minimum absolute atomic E-state index is 0.322. The van der Waals surface area contributed by atoms with E-state index in [2.05, 4.69) is 374 Å². The quantitative estimate of drug-likeness (QED) is 0.152. The van der Waals surface area contributed by atoms with Gasteiger partial charge in [-0.15, -0.1) is 11.3 Å². The number of thiophene rings is 1. The van der Waals surface area contributed by atoms with E-state index in [1.54, 1.807) is 6.07 Å². The number of ether oxygens (including phenoxy) is 3. The predicted octanol–water partition coefficient (Wildman–Crippen LogP) is 32.3. The van der Waals surface area contributed by atoms with Gasteiger partial charge in [-0.3, -0.25) is 0 Å². The molecule has 29 rings (SSSR count). The number of nitrogens with one attached hydrogen (secondary N) is 3. The van der Waals surface area contributed by atoms with Crippen LogP contribution in [0.3, 0.4) is 0 Å². The number of rotatable bonds is 6. The van der Waals surface area contributed by atoms with E-state index >= 15 is 0 Å². The Kier molecular flexibility index (Phi) is 15.8. The summed E-state index contributed by atoms with van der Waals surface area (Å²) < 4.78 is 49.5. The molecule has 23 aromatic rings. The van der Waals surface area contributed by atoms with E-state index in [1.165, 1.54) is 115 Å². The molecule has 10 heteroatoms. The number of para-hydroxylation sites is 6. The van der Waals surface area contributed by atoms with Crippen LogP contribution in [0.15, 0.2) is 427 Å². The molecule has 6 aliphatic rings. The average molecular weight is 1670 g/mol. The third-order valence-corrected chi connectivity index (χ3v) is 28.7. The lowest BCUT2D eigenvalue weighted by Gasteiger charge is -2.40. The minimum atomic E-state index is -0.540. The third-order valence-electron chi connectivity index (χ3n) is 27.6. The molecule has 8 nitrogen and oxygen atoms in total. The topological polar surface area (TPSA) is 90.1 Å². The monoisotopic (exact) mass is 1670 g/mol. The fourth-order valence-corrected chi connectivity index (χ4v) is 23.8. The number of furan rings is 2. The summed E-state index contributed by atoms with van der Waals surface area (Å²) in [5.41, 5.74) is 29.3. The Morgan fingerprint density at radius 3 is 1.22 bits per heavy atom. The summed E-state index contributed by atoms with van der Waals surface area (Å²) in [7, 11) is 0. The first-order chi connectivity index (χ1) is 63.9. The fraction of sp³-hybridized carbons (Fsp3) is 0.0252. The van der Waals surface area contributed by atoms with Gasteiger partial charge in [-0.2, -0.15) is 0 Å². The Bertz CT molecular complexity index is 8600. The molecule has 3 N–H and O–H groups in total. The lowest BCUT2D eigenvalue weighted by Crippen LogP contribution is -2.33. The second kappa shape index (κ2) is 28.0. The molecule has 3 aliphatic heterocycles. The second-order valence-corrected chi connectivity index (χ2v) is 35.1. The van der Waals surface area contributed by atoms with Crippen LogP contribution in [0.5, 0.6) is 34.5 Å². The summed E-state index contributed by atoms with van der Waals surface area (Å²) in [6, 6.07) is 147. The van der Waals surface area contributed by atoms with Crippen LogP contribution < -0.4 is 30.2 Å². The number of hydrogen-bond donors (Lipinski definition) is 3. The molecule has 0 saturated heterocycles. The van der Waals surface area contributed by atoms with E-state index in [0.717, 1.165) is 140 Å². The van der Waals surface area contributed by atoms with Gasteiger partial charge in [-0.25, -0.2) is 4.39 Å². The maximum atomic E-state index is 14.0. The zero-order valence-corrected chi connectivity index (χ0v) is 70.0. The summed E-state index contributed by atoms with van der Waals surface area (Å²) in [6.45, 7) is 0. The standard InChI is InChI=1S/C41H25NO2.C41H25NOS.C37H22FNO2/c1-2-13-26-25(12-1)24-35(38-29-16-5-9-22-36(29)43-39(26)38)42-34-21-11-20-33-40(34)44-37-23-10-8-19-32(37)41(33)30-17-6-3-14-27(30)28-15-4-7-18-31(28)41;1-2-13-26-25(12-1)24-37-38(29-16-5-10-23-36(29)44-37)40(26)42-33-20-11-22-35-39(33)41(32-19-8-9-21-34(32)43-35)30-17-6-3-14-27(30)28-15-4-7-18-31(28)41;38-22-19-20-25-34(21-22)40-33-18-8-15-30(35(25)33)39-31-16-7-14-29-36(31)41-32-17-6-5-13-28(32)37(29)26-11-3-1-9-23(26)24-10-2-4-12-27(24)37/h2*1-24,42H;1-21,39H. The van der Waals surface area contributed by atoms with E-state index < -0.39 is 16.2 Å². The summed E-state index contributed by atoms with van der Waals surface area (Å²) in [6.07, 6.45) is 0. The second-order valence-electron chi connectivity index (χ2n) is 34.0. The molecule has 0 fully saturated rings. The average Bonchev–Trinajstić information content (AvgIpc) is 1.54. The van der Waals surface area contributed by atoms with Crippen molar-refractivity contribution in [3.63, 3.8) is 0 Å².